The molecule has 1 amide bonds. The number of pyridine rings is 1. The van der Waals surface area contributed by atoms with E-state index in [-0.39, 0.29) is 11.3 Å². The summed E-state index contributed by atoms with van der Waals surface area (Å²) in [4.78, 5) is 27.3. The van der Waals surface area contributed by atoms with Crippen LogP contribution in [0.4, 0.5) is 5.82 Å². The number of fused-ring (bicyclic) bond motifs is 2. The number of benzene rings is 1. The summed E-state index contributed by atoms with van der Waals surface area (Å²) in [7, 11) is 4.32. The van der Waals surface area contributed by atoms with Gasteiger partial charge in [0.1, 0.15) is 5.82 Å². The van der Waals surface area contributed by atoms with E-state index in [4.69, 9.17) is 4.98 Å². The van der Waals surface area contributed by atoms with Crippen LogP contribution >= 0.6 is 0 Å². The molecule has 4 aliphatic rings. The number of hydrogen-bond donors (Lipinski definition) is 0. The average Bonchev–Trinajstić information content (AvgIpc) is 3.56. The molecule has 8 heteroatoms. The Morgan fingerprint density at radius 3 is 2.71 bits per heavy atom. The largest absolute Gasteiger partial charge is 0.356 e. The molecule has 3 aromatic rings. The van der Waals surface area contributed by atoms with Crippen LogP contribution in [0.2, 0.25) is 0 Å². The smallest absolute Gasteiger partial charge is 0.245 e. The summed E-state index contributed by atoms with van der Waals surface area (Å²) in [5.41, 5.74) is 9.29. The van der Waals surface area contributed by atoms with Gasteiger partial charge in [-0.05, 0) is 81.5 Å². The van der Waals surface area contributed by atoms with Crippen molar-refractivity contribution in [1.82, 2.24) is 29.5 Å². The van der Waals surface area contributed by atoms with Crippen LogP contribution in [0, 0.1) is 19.3 Å². The van der Waals surface area contributed by atoms with Gasteiger partial charge in [0.15, 0.2) is 0 Å². The fraction of sp³-hybridized carbons (Fsp3) is 0.545. The lowest BCUT2D eigenvalue weighted by Gasteiger charge is -2.47. The summed E-state index contributed by atoms with van der Waals surface area (Å²) >= 11 is 0. The number of carbonyl (C=O) groups excluding carboxylic acids is 1. The maximum absolute atomic E-state index is 12.2. The lowest BCUT2D eigenvalue weighted by molar-refractivity contribution is -0.136. The number of hydrogen-bond acceptors (Lipinski definition) is 6. The van der Waals surface area contributed by atoms with Crippen LogP contribution in [0.3, 0.4) is 0 Å². The van der Waals surface area contributed by atoms with Gasteiger partial charge in [-0.1, -0.05) is 18.7 Å². The van der Waals surface area contributed by atoms with E-state index in [2.05, 4.69) is 66.5 Å². The second-order valence-corrected chi connectivity index (χ2v) is 13.2. The van der Waals surface area contributed by atoms with Crippen molar-refractivity contribution in [2.75, 3.05) is 57.8 Å². The number of nitrogens with zero attached hydrogens (tertiary/aromatic N) is 7. The number of aromatic nitrogens is 3. The molecule has 41 heavy (non-hydrogen) atoms. The summed E-state index contributed by atoms with van der Waals surface area (Å²) < 4.78 is 2.04. The van der Waals surface area contributed by atoms with Gasteiger partial charge in [-0.25, -0.2) is 4.98 Å². The molecule has 0 aliphatic carbocycles. The topological polar surface area (TPSA) is 60.7 Å². The van der Waals surface area contributed by atoms with E-state index in [0.29, 0.717) is 6.04 Å². The number of rotatable bonds is 4. The standard InChI is InChI=1S/C33H43N7O/c1-6-28(41)40-20-33(21-40)12-15-39(19-33)32-23(3)30(29-22(2)9-10-24-16-34-37(5)31(24)29)26-11-14-38(18-27(26)35-32)25-8-7-13-36(4)17-25/h6,9-10,16,25H,1,7-8,11-15,17-21H2,2-5H3/t25-/m0/s1. The third-order valence-corrected chi connectivity index (χ3v) is 10.4. The van der Waals surface area contributed by atoms with E-state index in [0.717, 1.165) is 64.5 Å². The van der Waals surface area contributed by atoms with Crippen molar-refractivity contribution in [2.45, 2.75) is 52.1 Å². The highest BCUT2D eigenvalue weighted by Crippen LogP contribution is 2.45. The molecule has 6 heterocycles. The van der Waals surface area contributed by atoms with Gasteiger partial charge in [0, 0.05) is 75.3 Å². The van der Waals surface area contributed by atoms with Crippen molar-refractivity contribution in [1.29, 1.82) is 0 Å². The summed E-state index contributed by atoms with van der Waals surface area (Å²) in [5.74, 6) is 1.18. The van der Waals surface area contributed by atoms with Crippen molar-refractivity contribution in [3.8, 4) is 11.1 Å². The highest BCUT2D eigenvalue weighted by atomic mass is 16.2. The first-order chi connectivity index (χ1) is 19.8. The molecule has 3 fully saturated rings. The minimum absolute atomic E-state index is 0.0487. The number of likely N-dealkylation sites (tertiary alicyclic amines) is 2. The molecule has 0 unspecified atom stereocenters. The van der Waals surface area contributed by atoms with Crippen molar-refractivity contribution in [2.24, 2.45) is 12.5 Å². The summed E-state index contributed by atoms with van der Waals surface area (Å²) in [6.45, 7) is 16.1. The Morgan fingerprint density at radius 1 is 1.10 bits per heavy atom. The quantitative estimate of drug-likeness (QED) is 0.457. The van der Waals surface area contributed by atoms with Gasteiger partial charge in [0.25, 0.3) is 0 Å². The molecule has 216 valence electrons. The first kappa shape index (κ1) is 26.7. The Kier molecular flexibility index (Phi) is 6.47. The molecular formula is C33H43N7O. The minimum atomic E-state index is 0.0487. The van der Waals surface area contributed by atoms with E-state index in [1.807, 2.05) is 15.8 Å². The number of carbonyl (C=O) groups is 1. The van der Waals surface area contributed by atoms with Crippen LogP contribution in [0.15, 0.2) is 31.0 Å². The van der Waals surface area contributed by atoms with Crippen LogP contribution in [0.5, 0.6) is 0 Å². The molecule has 1 aromatic carbocycles. The fourth-order valence-corrected chi connectivity index (χ4v) is 8.19. The zero-order chi connectivity index (χ0) is 28.5. The first-order valence-corrected chi connectivity index (χ1v) is 15.3. The molecule has 0 saturated carbocycles. The van der Waals surface area contributed by atoms with Crippen LogP contribution in [-0.2, 0) is 24.8 Å². The first-order valence-electron chi connectivity index (χ1n) is 15.3. The number of piperidine rings is 1. The van der Waals surface area contributed by atoms with Gasteiger partial charge in [0.05, 0.1) is 17.4 Å². The highest BCUT2D eigenvalue weighted by Gasteiger charge is 2.49. The lowest BCUT2D eigenvalue weighted by Crippen LogP contribution is -2.59. The molecule has 7 rings (SSSR count). The molecule has 8 nitrogen and oxygen atoms in total. The second kappa shape index (κ2) is 9.95. The summed E-state index contributed by atoms with van der Waals surface area (Å²) in [6, 6.07) is 5.05. The van der Waals surface area contributed by atoms with Crippen molar-refractivity contribution < 1.29 is 4.79 Å². The Bertz CT molecular complexity index is 1530. The number of anilines is 1. The molecule has 4 aliphatic heterocycles. The predicted molar refractivity (Wildman–Crippen MR) is 164 cm³/mol. The van der Waals surface area contributed by atoms with Crippen LogP contribution in [-0.4, -0.2) is 94.3 Å². The van der Waals surface area contributed by atoms with Crippen LogP contribution in [0.25, 0.3) is 22.0 Å². The fourth-order valence-electron chi connectivity index (χ4n) is 8.19. The average molecular weight is 554 g/mol. The van der Waals surface area contributed by atoms with Gasteiger partial charge < -0.3 is 14.7 Å². The van der Waals surface area contributed by atoms with E-state index in [1.165, 1.54) is 69.9 Å². The summed E-state index contributed by atoms with van der Waals surface area (Å²) in [5, 5.41) is 5.83. The molecule has 3 saturated heterocycles. The van der Waals surface area contributed by atoms with Gasteiger partial charge in [-0.3, -0.25) is 14.4 Å². The SMILES string of the molecule is C=CC(=O)N1CC2(CCN(c3nc4c(c(-c5c(C)ccc6cnn(C)c56)c3C)CCN([C@H]3CCCN(C)C3)C4)C2)C1. The Labute approximate surface area is 243 Å². The highest BCUT2D eigenvalue weighted by molar-refractivity contribution is 5.98. The molecule has 1 spiro atoms. The Hall–Kier alpha value is -3.23. The molecule has 2 aromatic heterocycles. The molecule has 0 radical (unpaired) electrons. The van der Waals surface area contributed by atoms with Crippen molar-refractivity contribution in [3.63, 3.8) is 0 Å². The van der Waals surface area contributed by atoms with E-state index < -0.39 is 0 Å². The van der Waals surface area contributed by atoms with Gasteiger partial charge in [-0.15, -0.1) is 0 Å². The van der Waals surface area contributed by atoms with Gasteiger partial charge in [0.2, 0.25) is 5.91 Å². The molecule has 0 bridgehead atoms. The normalized spacial score (nSPS) is 22.8. The number of aryl methyl sites for hydroxylation is 2. The number of amides is 1. The monoisotopic (exact) mass is 553 g/mol. The van der Waals surface area contributed by atoms with Gasteiger partial charge in [-0.2, -0.15) is 5.10 Å². The molecule has 0 N–H and O–H groups in total. The molecular weight excluding hydrogens is 510 g/mol. The Balaban J connectivity index is 1.31. The third kappa shape index (κ3) is 4.38. The minimum Gasteiger partial charge on any atom is -0.356 e. The van der Waals surface area contributed by atoms with Crippen molar-refractivity contribution >= 4 is 22.6 Å². The van der Waals surface area contributed by atoms with Crippen molar-refractivity contribution in [3.05, 3.63) is 53.4 Å². The Morgan fingerprint density at radius 2 is 1.93 bits per heavy atom. The summed E-state index contributed by atoms with van der Waals surface area (Å²) in [6.07, 6.45) is 8.09. The molecule has 1 atom stereocenters. The third-order valence-electron chi connectivity index (χ3n) is 10.4. The van der Waals surface area contributed by atoms with E-state index in [1.54, 1.807) is 0 Å². The maximum atomic E-state index is 12.2. The zero-order valence-electron chi connectivity index (χ0n) is 25.1. The second-order valence-electron chi connectivity index (χ2n) is 13.2. The van der Waals surface area contributed by atoms with Gasteiger partial charge >= 0.3 is 0 Å². The lowest BCUT2D eigenvalue weighted by atomic mass is 9.79. The number of likely N-dealkylation sites (N-methyl/N-ethyl adjacent to an activating group) is 1. The van der Waals surface area contributed by atoms with E-state index >= 15 is 0 Å². The maximum Gasteiger partial charge on any atom is 0.245 e. The van der Waals surface area contributed by atoms with Crippen LogP contribution < -0.4 is 4.90 Å². The predicted octanol–water partition coefficient (Wildman–Crippen LogP) is 3.93. The zero-order valence-corrected chi connectivity index (χ0v) is 25.1. The van der Waals surface area contributed by atoms with E-state index in [9.17, 15) is 4.79 Å². The van der Waals surface area contributed by atoms with Crippen LogP contribution in [0.1, 0.15) is 41.6 Å².